The van der Waals surface area contributed by atoms with E-state index in [0.717, 1.165) is 5.69 Å². The topological polar surface area (TPSA) is 100 Å². The number of primary amides is 1. The molecule has 7 heteroatoms. The number of aryl methyl sites for hydroxylation is 1. The molecule has 0 unspecified atom stereocenters. The molecule has 0 aliphatic heterocycles. The first kappa shape index (κ1) is 15.1. The molecule has 106 valence electrons. The third-order valence-electron chi connectivity index (χ3n) is 2.38. The van der Waals surface area contributed by atoms with Crippen LogP contribution in [0.5, 0.6) is 0 Å². The van der Waals surface area contributed by atoms with Crippen molar-refractivity contribution >= 4 is 11.9 Å². The molecule has 0 aliphatic rings. The zero-order chi connectivity index (χ0) is 14.5. The lowest BCUT2D eigenvalue weighted by Crippen LogP contribution is -2.24. The number of carbonyl (C=O) groups excluding carboxylic acids is 2. The lowest BCUT2D eigenvalue weighted by molar-refractivity contribution is -0.157. The van der Waals surface area contributed by atoms with Gasteiger partial charge >= 0.3 is 5.97 Å². The van der Waals surface area contributed by atoms with E-state index in [2.05, 4.69) is 10.3 Å². The Hall–Kier alpha value is -1.92. The smallest absolute Gasteiger partial charge is 0.313 e. The van der Waals surface area contributed by atoms with E-state index in [1.807, 2.05) is 0 Å². The summed E-state index contributed by atoms with van der Waals surface area (Å²) in [6.07, 6.45) is 3.27. The van der Waals surface area contributed by atoms with E-state index in [1.54, 1.807) is 27.0 Å². The first-order valence-corrected chi connectivity index (χ1v) is 6.13. The minimum Gasteiger partial charge on any atom is -0.442 e. The number of rotatable bonds is 6. The molecule has 1 aromatic heterocycles. The van der Waals surface area contributed by atoms with Gasteiger partial charge in [-0.15, -0.1) is 5.10 Å². The highest BCUT2D eigenvalue weighted by Gasteiger charge is 2.23. The third kappa shape index (κ3) is 5.50. The fourth-order valence-electron chi connectivity index (χ4n) is 1.30. The number of nitrogens with two attached hydrogens (primary N) is 1. The van der Waals surface area contributed by atoms with Gasteiger partial charge in [-0.05, 0) is 33.6 Å². The van der Waals surface area contributed by atoms with Gasteiger partial charge in [0.1, 0.15) is 0 Å². The lowest BCUT2D eigenvalue weighted by Gasteiger charge is -2.15. The first-order valence-electron chi connectivity index (χ1n) is 6.13. The highest BCUT2D eigenvalue weighted by Crippen LogP contribution is 2.15. The Morgan fingerprint density at radius 2 is 2.11 bits per heavy atom. The average molecular weight is 268 g/mol. The summed E-state index contributed by atoms with van der Waals surface area (Å²) in [7, 11) is 0. The number of esters is 1. The van der Waals surface area contributed by atoms with Crippen molar-refractivity contribution in [3.05, 3.63) is 11.9 Å². The van der Waals surface area contributed by atoms with Gasteiger partial charge in [-0.3, -0.25) is 9.59 Å². The van der Waals surface area contributed by atoms with Crippen LogP contribution in [0, 0.1) is 5.41 Å². The lowest BCUT2D eigenvalue weighted by atomic mass is 9.98. The van der Waals surface area contributed by atoms with Crippen LogP contribution in [0.3, 0.4) is 0 Å². The predicted octanol–water partition coefficient (Wildman–Crippen LogP) is 0.633. The fourth-order valence-corrected chi connectivity index (χ4v) is 1.30. The van der Waals surface area contributed by atoms with Crippen molar-refractivity contribution in [3.63, 3.8) is 0 Å². The number of hydrogen-bond donors (Lipinski definition) is 1. The molecule has 0 saturated heterocycles. The zero-order valence-corrected chi connectivity index (χ0v) is 11.5. The third-order valence-corrected chi connectivity index (χ3v) is 2.38. The summed E-state index contributed by atoms with van der Waals surface area (Å²) in [6.45, 7) is 5.39. The standard InChI is InChI=1S/C12H20N4O3/c1-12(2,3)11(18)19-8-16-7-9(14-15-16)5-4-6-10(13)17/h7H,4-6,8H2,1-3H3,(H2,13,17). The molecule has 0 spiro atoms. The van der Waals surface area contributed by atoms with Crippen molar-refractivity contribution in [2.24, 2.45) is 11.1 Å². The summed E-state index contributed by atoms with van der Waals surface area (Å²) in [6, 6.07) is 0. The monoisotopic (exact) mass is 268 g/mol. The SMILES string of the molecule is CC(C)(C)C(=O)OCn1cc(CCCC(N)=O)nn1. The highest BCUT2D eigenvalue weighted by molar-refractivity contribution is 5.75. The van der Waals surface area contributed by atoms with Gasteiger partial charge in [0.2, 0.25) is 5.91 Å². The Morgan fingerprint density at radius 1 is 1.42 bits per heavy atom. The minimum atomic E-state index is -0.537. The highest BCUT2D eigenvalue weighted by atomic mass is 16.5. The zero-order valence-electron chi connectivity index (χ0n) is 11.5. The summed E-state index contributed by atoms with van der Waals surface area (Å²) in [5, 5.41) is 7.76. The Balaban J connectivity index is 2.39. The van der Waals surface area contributed by atoms with Gasteiger partial charge in [0.15, 0.2) is 6.73 Å². The molecule has 0 radical (unpaired) electrons. The van der Waals surface area contributed by atoms with Gasteiger partial charge in [-0.2, -0.15) is 0 Å². The van der Waals surface area contributed by atoms with Crippen molar-refractivity contribution in [1.82, 2.24) is 15.0 Å². The molecule has 7 nitrogen and oxygen atoms in total. The van der Waals surface area contributed by atoms with Gasteiger partial charge in [-0.1, -0.05) is 5.21 Å². The molecular weight excluding hydrogens is 248 g/mol. The minimum absolute atomic E-state index is 0.0406. The summed E-state index contributed by atoms with van der Waals surface area (Å²) >= 11 is 0. The van der Waals surface area contributed by atoms with Crippen molar-refractivity contribution in [2.45, 2.75) is 46.8 Å². The molecule has 19 heavy (non-hydrogen) atoms. The number of nitrogens with zero attached hydrogens (tertiary/aromatic N) is 3. The van der Waals surface area contributed by atoms with E-state index in [4.69, 9.17) is 10.5 Å². The quantitative estimate of drug-likeness (QED) is 0.763. The molecule has 0 atom stereocenters. The number of ether oxygens (including phenoxy) is 1. The Kier molecular flexibility index (Phi) is 5.02. The second-order valence-electron chi connectivity index (χ2n) is 5.38. The van der Waals surface area contributed by atoms with Crippen LogP contribution in [-0.4, -0.2) is 26.9 Å². The summed E-state index contributed by atoms with van der Waals surface area (Å²) in [5.41, 5.74) is 5.25. The molecule has 1 rings (SSSR count). The maximum Gasteiger partial charge on any atom is 0.313 e. The number of hydrogen-bond acceptors (Lipinski definition) is 5. The summed E-state index contributed by atoms with van der Waals surface area (Å²) in [5.74, 6) is -0.621. The second-order valence-corrected chi connectivity index (χ2v) is 5.38. The summed E-state index contributed by atoms with van der Waals surface area (Å²) in [4.78, 5) is 22.1. The van der Waals surface area contributed by atoms with Crippen LogP contribution in [0.1, 0.15) is 39.3 Å². The maximum atomic E-state index is 11.6. The molecule has 2 N–H and O–H groups in total. The van der Waals surface area contributed by atoms with E-state index in [9.17, 15) is 9.59 Å². The van der Waals surface area contributed by atoms with E-state index < -0.39 is 5.41 Å². The van der Waals surface area contributed by atoms with Crippen molar-refractivity contribution < 1.29 is 14.3 Å². The summed E-state index contributed by atoms with van der Waals surface area (Å²) < 4.78 is 6.54. The Labute approximate surface area is 112 Å². The molecule has 0 aliphatic carbocycles. The van der Waals surface area contributed by atoms with Crippen LogP contribution < -0.4 is 5.73 Å². The predicted molar refractivity (Wildman–Crippen MR) is 67.7 cm³/mol. The molecule has 0 aromatic carbocycles. The molecule has 0 fully saturated rings. The van der Waals surface area contributed by atoms with Crippen LogP contribution in [-0.2, 0) is 27.5 Å². The van der Waals surface area contributed by atoms with Gasteiger partial charge in [0.25, 0.3) is 0 Å². The van der Waals surface area contributed by atoms with Crippen molar-refractivity contribution in [2.75, 3.05) is 0 Å². The van der Waals surface area contributed by atoms with Gasteiger partial charge in [0, 0.05) is 6.42 Å². The van der Waals surface area contributed by atoms with Crippen LogP contribution in [0.4, 0.5) is 0 Å². The van der Waals surface area contributed by atoms with Gasteiger partial charge in [-0.25, -0.2) is 4.68 Å². The van der Waals surface area contributed by atoms with E-state index in [1.165, 1.54) is 4.68 Å². The molecule has 1 amide bonds. The Bertz CT molecular complexity index is 448. The number of amides is 1. The normalized spacial score (nSPS) is 11.3. The van der Waals surface area contributed by atoms with Crippen LogP contribution in [0.25, 0.3) is 0 Å². The second kappa shape index (κ2) is 6.31. The molecular formula is C12H20N4O3. The largest absolute Gasteiger partial charge is 0.442 e. The molecule has 0 saturated carbocycles. The number of carbonyl (C=O) groups is 2. The van der Waals surface area contributed by atoms with Gasteiger partial charge < -0.3 is 10.5 Å². The van der Waals surface area contributed by atoms with Gasteiger partial charge in [0.05, 0.1) is 17.3 Å². The molecule has 1 heterocycles. The molecule has 0 bridgehead atoms. The van der Waals surface area contributed by atoms with Crippen LogP contribution in [0.15, 0.2) is 6.20 Å². The van der Waals surface area contributed by atoms with E-state index in [-0.39, 0.29) is 18.6 Å². The number of aromatic nitrogens is 3. The van der Waals surface area contributed by atoms with Crippen molar-refractivity contribution in [3.8, 4) is 0 Å². The average Bonchev–Trinajstić information content (AvgIpc) is 2.72. The van der Waals surface area contributed by atoms with Crippen LogP contribution in [0.2, 0.25) is 0 Å². The van der Waals surface area contributed by atoms with Crippen molar-refractivity contribution in [1.29, 1.82) is 0 Å². The fraction of sp³-hybridized carbons (Fsp3) is 0.667. The molecule has 1 aromatic rings. The van der Waals surface area contributed by atoms with E-state index >= 15 is 0 Å². The van der Waals surface area contributed by atoms with E-state index in [0.29, 0.717) is 19.3 Å². The first-order chi connectivity index (χ1) is 8.79. The maximum absolute atomic E-state index is 11.6. The van der Waals surface area contributed by atoms with Crippen LogP contribution >= 0.6 is 0 Å². The Morgan fingerprint density at radius 3 is 2.68 bits per heavy atom.